The number of anilines is 1. The zero-order valence-corrected chi connectivity index (χ0v) is 18.0. The highest BCUT2D eigenvalue weighted by molar-refractivity contribution is 7.89. The number of amides is 1. The van der Waals surface area contributed by atoms with E-state index < -0.39 is 28.5 Å². The number of hydrogen-bond donors (Lipinski definition) is 1. The molecule has 29 heavy (non-hydrogen) atoms. The second-order valence-corrected chi connectivity index (χ2v) is 9.08. The van der Waals surface area contributed by atoms with Gasteiger partial charge in [-0.1, -0.05) is 17.7 Å². The van der Waals surface area contributed by atoms with Gasteiger partial charge in [-0.15, -0.1) is 0 Å². The quantitative estimate of drug-likeness (QED) is 0.698. The third-order valence-electron chi connectivity index (χ3n) is 4.48. The number of sulfonamides is 1. The van der Waals surface area contributed by atoms with E-state index in [2.05, 4.69) is 5.32 Å². The summed E-state index contributed by atoms with van der Waals surface area (Å²) in [6.45, 7) is 6.85. The first kappa shape index (κ1) is 22.6. The summed E-state index contributed by atoms with van der Waals surface area (Å²) in [6.07, 6.45) is 0. The molecule has 0 unspecified atom stereocenters. The Morgan fingerprint density at radius 3 is 2.24 bits per heavy atom. The first-order chi connectivity index (χ1) is 13.5. The Balaban J connectivity index is 1.96. The van der Waals surface area contributed by atoms with E-state index in [0.717, 1.165) is 11.1 Å². The fourth-order valence-corrected chi connectivity index (χ4v) is 3.97. The molecule has 0 aliphatic rings. The molecule has 0 radical (unpaired) electrons. The van der Waals surface area contributed by atoms with Gasteiger partial charge in [0, 0.05) is 18.8 Å². The normalized spacial score (nSPS) is 11.6. The van der Waals surface area contributed by atoms with Crippen LogP contribution in [0.4, 0.5) is 5.69 Å². The molecule has 0 aliphatic carbocycles. The number of carbonyl (C=O) groups excluding carboxylic acids is 2. The lowest BCUT2D eigenvalue weighted by Gasteiger charge is -2.21. The smallest absolute Gasteiger partial charge is 0.338 e. The van der Waals surface area contributed by atoms with Gasteiger partial charge in [-0.25, -0.2) is 13.2 Å². The van der Waals surface area contributed by atoms with E-state index in [1.54, 1.807) is 32.9 Å². The van der Waals surface area contributed by atoms with Crippen LogP contribution in [0.15, 0.2) is 47.4 Å². The lowest BCUT2D eigenvalue weighted by molar-refractivity contribution is -0.119. The largest absolute Gasteiger partial charge is 0.452 e. The number of nitrogens with one attached hydrogen (secondary N) is 1. The number of hydrogen-bond acceptors (Lipinski definition) is 5. The number of esters is 1. The highest BCUT2D eigenvalue weighted by atomic mass is 32.2. The number of nitrogens with zero attached hydrogens (tertiary/aromatic N) is 1. The summed E-state index contributed by atoms with van der Waals surface area (Å²) in [5.41, 5.74) is 2.62. The number of rotatable bonds is 7. The number of benzene rings is 2. The average Bonchev–Trinajstić information content (AvgIpc) is 2.65. The third-order valence-corrected chi connectivity index (χ3v) is 6.53. The first-order valence-corrected chi connectivity index (χ1v) is 10.6. The predicted molar refractivity (Wildman–Crippen MR) is 111 cm³/mol. The Hall–Kier alpha value is -2.71. The Labute approximate surface area is 171 Å². The first-order valence-electron chi connectivity index (χ1n) is 9.14. The molecule has 0 atom stereocenters. The molecule has 0 heterocycles. The minimum absolute atomic E-state index is 0.132. The van der Waals surface area contributed by atoms with Crippen molar-refractivity contribution in [3.05, 3.63) is 59.2 Å². The van der Waals surface area contributed by atoms with Gasteiger partial charge in [-0.2, -0.15) is 4.31 Å². The highest BCUT2D eigenvalue weighted by Crippen LogP contribution is 2.19. The summed E-state index contributed by atoms with van der Waals surface area (Å²) in [6, 6.07) is 11.0. The van der Waals surface area contributed by atoms with Crippen LogP contribution < -0.4 is 5.32 Å². The summed E-state index contributed by atoms with van der Waals surface area (Å²) < 4.78 is 31.2. The lowest BCUT2D eigenvalue weighted by atomic mass is 10.1. The molecule has 0 spiro atoms. The van der Waals surface area contributed by atoms with Crippen molar-refractivity contribution in [2.75, 3.05) is 19.0 Å². The van der Waals surface area contributed by atoms with Gasteiger partial charge in [0.05, 0.1) is 10.5 Å². The zero-order chi connectivity index (χ0) is 21.8. The minimum Gasteiger partial charge on any atom is -0.452 e. The van der Waals surface area contributed by atoms with Crippen LogP contribution in [-0.2, 0) is 19.6 Å². The minimum atomic E-state index is -3.59. The summed E-state index contributed by atoms with van der Waals surface area (Å²) >= 11 is 0. The van der Waals surface area contributed by atoms with Crippen molar-refractivity contribution < 1.29 is 22.7 Å². The van der Waals surface area contributed by atoms with E-state index in [0.29, 0.717) is 11.3 Å². The molecule has 0 aromatic heterocycles. The van der Waals surface area contributed by atoms with Gasteiger partial charge in [-0.3, -0.25) is 4.79 Å². The SMILES string of the molecule is Cc1ccc(C(=O)OCC(=O)Nc2ccc(S(=O)(=O)N(C)C(C)C)cc2)c(C)c1. The van der Waals surface area contributed by atoms with Crippen molar-refractivity contribution in [3.8, 4) is 0 Å². The van der Waals surface area contributed by atoms with E-state index in [1.165, 1.54) is 35.6 Å². The van der Waals surface area contributed by atoms with Crippen LogP contribution in [0.25, 0.3) is 0 Å². The second-order valence-electron chi connectivity index (χ2n) is 7.08. The van der Waals surface area contributed by atoms with Gasteiger partial charge >= 0.3 is 5.97 Å². The van der Waals surface area contributed by atoms with Crippen molar-refractivity contribution in [2.45, 2.75) is 38.6 Å². The van der Waals surface area contributed by atoms with Crippen LogP contribution >= 0.6 is 0 Å². The highest BCUT2D eigenvalue weighted by Gasteiger charge is 2.23. The van der Waals surface area contributed by atoms with Crippen LogP contribution in [0, 0.1) is 13.8 Å². The molecule has 2 rings (SSSR count). The maximum absolute atomic E-state index is 12.4. The predicted octanol–water partition coefficient (Wildman–Crippen LogP) is 3.13. The van der Waals surface area contributed by atoms with E-state index in [9.17, 15) is 18.0 Å². The maximum atomic E-state index is 12.4. The average molecular weight is 419 g/mol. The molecule has 156 valence electrons. The van der Waals surface area contributed by atoms with Gasteiger partial charge in [0.25, 0.3) is 5.91 Å². The van der Waals surface area contributed by atoms with Crippen LogP contribution in [0.3, 0.4) is 0 Å². The Morgan fingerprint density at radius 1 is 1.07 bits per heavy atom. The molecule has 7 nitrogen and oxygen atoms in total. The van der Waals surface area contributed by atoms with E-state index in [-0.39, 0.29) is 10.9 Å². The number of carbonyl (C=O) groups is 2. The summed E-state index contributed by atoms with van der Waals surface area (Å²) in [5.74, 6) is -1.09. The Kier molecular flexibility index (Phi) is 7.16. The second kappa shape index (κ2) is 9.19. The lowest BCUT2D eigenvalue weighted by Crippen LogP contribution is -2.33. The summed E-state index contributed by atoms with van der Waals surface area (Å²) in [7, 11) is -2.08. The van der Waals surface area contributed by atoms with Gasteiger partial charge in [0.1, 0.15) is 0 Å². The van der Waals surface area contributed by atoms with E-state index in [4.69, 9.17) is 4.74 Å². The molecular weight excluding hydrogens is 392 g/mol. The van der Waals surface area contributed by atoms with Crippen molar-refractivity contribution in [1.82, 2.24) is 4.31 Å². The number of aryl methyl sites for hydroxylation is 2. The molecule has 1 amide bonds. The van der Waals surface area contributed by atoms with Crippen LogP contribution in [0.5, 0.6) is 0 Å². The topological polar surface area (TPSA) is 92.8 Å². The van der Waals surface area contributed by atoms with Crippen molar-refractivity contribution >= 4 is 27.6 Å². The van der Waals surface area contributed by atoms with E-state index >= 15 is 0 Å². The fraction of sp³-hybridized carbons (Fsp3) is 0.333. The standard InChI is InChI=1S/C21H26N2O5S/c1-14(2)23(5)29(26,27)18-9-7-17(8-10-18)22-20(24)13-28-21(25)19-11-6-15(3)12-16(19)4/h6-12,14H,13H2,1-5H3,(H,22,24). The fourth-order valence-electron chi connectivity index (χ4n) is 2.60. The van der Waals surface area contributed by atoms with Crippen LogP contribution in [0.1, 0.15) is 35.3 Å². The monoisotopic (exact) mass is 418 g/mol. The molecule has 0 saturated carbocycles. The van der Waals surface area contributed by atoms with Gasteiger partial charge in [-0.05, 0) is 63.6 Å². The van der Waals surface area contributed by atoms with E-state index in [1.807, 2.05) is 13.0 Å². The van der Waals surface area contributed by atoms with Gasteiger partial charge < -0.3 is 10.1 Å². The molecule has 0 bridgehead atoms. The maximum Gasteiger partial charge on any atom is 0.338 e. The molecule has 0 saturated heterocycles. The third kappa shape index (κ3) is 5.65. The molecule has 2 aromatic rings. The number of ether oxygens (including phenoxy) is 1. The molecule has 0 fully saturated rings. The molecule has 2 aromatic carbocycles. The van der Waals surface area contributed by atoms with Crippen LogP contribution in [-0.4, -0.2) is 44.3 Å². The molecule has 0 aliphatic heterocycles. The Bertz CT molecular complexity index is 998. The van der Waals surface area contributed by atoms with Gasteiger partial charge in [0.15, 0.2) is 6.61 Å². The zero-order valence-electron chi connectivity index (χ0n) is 17.2. The van der Waals surface area contributed by atoms with Crippen molar-refractivity contribution in [2.24, 2.45) is 0 Å². The molecule has 1 N–H and O–H groups in total. The molecular formula is C21H26N2O5S. The van der Waals surface area contributed by atoms with Crippen LogP contribution in [0.2, 0.25) is 0 Å². The van der Waals surface area contributed by atoms with Crippen molar-refractivity contribution in [1.29, 1.82) is 0 Å². The van der Waals surface area contributed by atoms with Gasteiger partial charge in [0.2, 0.25) is 10.0 Å². The molecule has 8 heteroatoms. The Morgan fingerprint density at radius 2 is 1.69 bits per heavy atom. The summed E-state index contributed by atoms with van der Waals surface area (Å²) in [5, 5.41) is 2.58. The van der Waals surface area contributed by atoms with Crippen molar-refractivity contribution in [3.63, 3.8) is 0 Å². The summed E-state index contributed by atoms with van der Waals surface area (Å²) in [4.78, 5) is 24.3.